The number of carbonyl (C=O) groups is 1. The highest BCUT2D eigenvalue weighted by molar-refractivity contribution is 6.21. The second-order valence-corrected chi connectivity index (χ2v) is 4.20. The Bertz CT molecular complexity index is 174. The van der Waals surface area contributed by atoms with E-state index >= 15 is 0 Å². The summed E-state index contributed by atoms with van der Waals surface area (Å²) in [6.07, 6.45) is 1.85. The molecule has 0 saturated heterocycles. The molecule has 0 heterocycles. The zero-order valence-electron chi connectivity index (χ0n) is 9.05. The molecule has 0 saturated carbocycles. The molecule has 14 heavy (non-hydrogen) atoms. The van der Waals surface area contributed by atoms with Crippen molar-refractivity contribution in [3.05, 3.63) is 0 Å². The average molecular weight is 223 g/mol. The number of rotatable bonds is 6. The minimum absolute atomic E-state index is 0.293. The highest BCUT2D eigenvalue weighted by Gasteiger charge is 2.37. The highest BCUT2D eigenvalue weighted by atomic mass is 35.5. The molecule has 1 unspecified atom stereocenters. The molecule has 0 aliphatic rings. The van der Waals surface area contributed by atoms with E-state index in [-0.39, 0.29) is 5.38 Å². The van der Waals surface area contributed by atoms with E-state index in [9.17, 15) is 4.79 Å². The third kappa shape index (κ3) is 3.74. The predicted molar refractivity (Wildman–Crippen MR) is 57.0 cm³/mol. The van der Waals surface area contributed by atoms with Crippen LogP contribution in [-0.2, 0) is 4.74 Å². The smallest absolute Gasteiger partial charge is 0.450 e. The maximum atomic E-state index is 10.6. The highest BCUT2D eigenvalue weighted by Crippen LogP contribution is 2.31. The van der Waals surface area contributed by atoms with Gasteiger partial charge in [0.2, 0.25) is 0 Å². The van der Waals surface area contributed by atoms with Gasteiger partial charge in [-0.15, -0.1) is 11.6 Å². The van der Waals surface area contributed by atoms with Crippen LogP contribution >= 0.6 is 11.6 Å². The summed E-state index contributed by atoms with van der Waals surface area (Å²) in [4.78, 5) is 10.6. The number of ether oxygens (including phenoxy) is 1. The maximum absolute atomic E-state index is 10.6. The van der Waals surface area contributed by atoms with Gasteiger partial charge in [-0.3, -0.25) is 0 Å². The van der Waals surface area contributed by atoms with Crippen molar-refractivity contribution in [3.63, 3.8) is 0 Å². The van der Waals surface area contributed by atoms with Crippen LogP contribution in [0.1, 0.15) is 46.5 Å². The first-order valence-electron chi connectivity index (χ1n) is 5.04. The lowest BCUT2D eigenvalue weighted by molar-refractivity contribution is -0.0308. The summed E-state index contributed by atoms with van der Waals surface area (Å²) in [5, 5.41) is 8.38. The van der Waals surface area contributed by atoms with E-state index in [1.54, 1.807) is 6.92 Å². The van der Waals surface area contributed by atoms with Crippen molar-refractivity contribution in [1.29, 1.82) is 0 Å². The summed E-state index contributed by atoms with van der Waals surface area (Å²) in [5.74, 6) is 0. The van der Waals surface area contributed by atoms with Crippen LogP contribution in [0.15, 0.2) is 0 Å². The first-order chi connectivity index (χ1) is 6.48. The summed E-state index contributed by atoms with van der Waals surface area (Å²) >= 11 is 6.01. The summed E-state index contributed by atoms with van der Waals surface area (Å²) in [6.45, 7) is 5.78. The van der Waals surface area contributed by atoms with Crippen LogP contribution in [0.3, 0.4) is 0 Å². The largest absolute Gasteiger partial charge is 0.506 e. The van der Waals surface area contributed by atoms with Gasteiger partial charge in [0, 0.05) is 0 Å². The van der Waals surface area contributed by atoms with Crippen LogP contribution in [0.4, 0.5) is 4.79 Å². The molecule has 0 radical (unpaired) electrons. The Balaban J connectivity index is 4.63. The van der Waals surface area contributed by atoms with Crippen LogP contribution in [0.25, 0.3) is 0 Å². The van der Waals surface area contributed by atoms with Gasteiger partial charge in [-0.1, -0.05) is 26.7 Å². The number of halogens is 1. The number of alkyl halides is 1. The molecule has 1 N–H and O–H groups in total. The predicted octanol–water partition coefficient (Wildman–Crippen LogP) is 3.65. The van der Waals surface area contributed by atoms with Gasteiger partial charge >= 0.3 is 6.16 Å². The quantitative estimate of drug-likeness (QED) is 0.551. The zero-order chi connectivity index (χ0) is 11.2. The number of carboxylic acid groups (broad SMARTS) is 1. The molecule has 84 valence electrons. The van der Waals surface area contributed by atoms with Gasteiger partial charge in [-0.25, -0.2) is 4.79 Å². The molecule has 0 aliphatic heterocycles. The lowest BCUT2D eigenvalue weighted by Gasteiger charge is -2.34. The van der Waals surface area contributed by atoms with Crippen molar-refractivity contribution in [2.75, 3.05) is 0 Å². The Kier molecular flexibility index (Phi) is 5.93. The molecule has 0 aliphatic carbocycles. The second kappa shape index (κ2) is 6.12. The molecule has 0 aromatic carbocycles. The fourth-order valence-electron chi connectivity index (χ4n) is 1.73. The van der Waals surface area contributed by atoms with Crippen LogP contribution in [0.5, 0.6) is 0 Å². The van der Waals surface area contributed by atoms with Gasteiger partial charge in [0.15, 0.2) is 0 Å². The van der Waals surface area contributed by atoms with Crippen molar-refractivity contribution < 1.29 is 14.6 Å². The summed E-state index contributed by atoms with van der Waals surface area (Å²) < 4.78 is 4.96. The number of hydrogen-bond acceptors (Lipinski definition) is 2. The summed E-state index contributed by atoms with van der Waals surface area (Å²) in [7, 11) is 0. The molecular formula is C10H19ClO3. The summed E-state index contributed by atoms with van der Waals surface area (Å²) in [5.41, 5.74) is -0.711. The Morgan fingerprint density at radius 2 is 1.86 bits per heavy atom. The third-order valence-corrected chi connectivity index (χ3v) is 2.76. The van der Waals surface area contributed by atoms with Gasteiger partial charge in [0.25, 0.3) is 0 Å². The third-order valence-electron chi connectivity index (χ3n) is 2.36. The van der Waals surface area contributed by atoms with Crippen molar-refractivity contribution in [1.82, 2.24) is 0 Å². The van der Waals surface area contributed by atoms with E-state index in [2.05, 4.69) is 0 Å². The molecule has 4 heteroatoms. The average Bonchev–Trinajstić information content (AvgIpc) is 2.03. The Morgan fingerprint density at radius 1 is 1.43 bits per heavy atom. The van der Waals surface area contributed by atoms with Crippen LogP contribution in [0, 0.1) is 0 Å². The number of hydrogen-bond donors (Lipinski definition) is 1. The van der Waals surface area contributed by atoms with Crippen LogP contribution in [-0.4, -0.2) is 22.2 Å². The van der Waals surface area contributed by atoms with Gasteiger partial charge in [-0.2, -0.15) is 0 Å². The van der Waals surface area contributed by atoms with Crippen molar-refractivity contribution >= 4 is 17.8 Å². The molecule has 0 bridgehead atoms. The second-order valence-electron chi connectivity index (χ2n) is 3.55. The fraction of sp³-hybridized carbons (Fsp3) is 0.900. The first kappa shape index (κ1) is 13.6. The van der Waals surface area contributed by atoms with Gasteiger partial charge in [0.05, 0.1) is 5.38 Å². The molecule has 0 aromatic heterocycles. The fourth-order valence-corrected chi connectivity index (χ4v) is 1.99. The van der Waals surface area contributed by atoms with E-state index in [4.69, 9.17) is 21.4 Å². The van der Waals surface area contributed by atoms with Gasteiger partial charge in [0.1, 0.15) is 5.60 Å². The molecule has 0 rings (SSSR count). The van der Waals surface area contributed by atoms with E-state index in [1.807, 2.05) is 13.8 Å². The van der Waals surface area contributed by atoms with E-state index in [1.165, 1.54) is 0 Å². The minimum Gasteiger partial charge on any atom is -0.450 e. The lowest BCUT2D eigenvalue weighted by atomic mass is 9.89. The van der Waals surface area contributed by atoms with Crippen LogP contribution < -0.4 is 0 Å². The molecular weight excluding hydrogens is 204 g/mol. The van der Waals surface area contributed by atoms with Crippen molar-refractivity contribution in [2.24, 2.45) is 0 Å². The van der Waals surface area contributed by atoms with Crippen molar-refractivity contribution in [3.8, 4) is 0 Å². The molecule has 0 aromatic rings. The standard InChI is InChI=1S/C10H19ClO3/c1-4-6-10(7-5-2,8(3)11)14-9(12)13/h8H,4-7H2,1-3H3,(H,12,13). The molecule has 3 nitrogen and oxygen atoms in total. The van der Waals surface area contributed by atoms with E-state index in [0.717, 1.165) is 12.8 Å². The van der Waals surface area contributed by atoms with Crippen LogP contribution in [0.2, 0.25) is 0 Å². The molecule has 0 spiro atoms. The lowest BCUT2D eigenvalue weighted by Crippen LogP contribution is -2.42. The molecule has 0 fully saturated rings. The van der Waals surface area contributed by atoms with E-state index in [0.29, 0.717) is 12.8 Å². The normalized spacial score (nSPS) is 13.7. The minimum atomic E-state index is -1.24. The topological polar surface area (TPSA) is 46.5 Å². The SMILES string of the molecule is CCCC(CCC)(OC(=O)O)C(C)Cl. The van der Waals surface area contributed by atoms with Crippen molar-refractivity contribution in [2.45, 2.75) is 57.4 Å². The van der Waals surface area contributed by atoms with Gasteiger partial charge in [-0.05, 0) is 19.8 Å². The summed E-state index contributed by atoms with van der Waals surface area (Å²) in [6, 6.07) is 0. The van der Waals surface area contributed by atoms with Gasteiger partial charge < -0.3 is 9.84 Å². The maximum Gasteiger partial charge on any atom is 0.506 e. The molecule has 0 amide bonds. The monoisotopic (exact) mass is 222 g/mol. The zero-order valence-corrected chi connectivity index (χ0v) is 9.80. The first-order valence-corrected chi connectivity index (χ1v) is 5.48. The Labute approximate surface area is 90.4 Å². The molecule has 1 atom stereocenters. The Morgan fingerprint density at radius 3 is 2.07 bits per heavy atom. The Hall–Kier alpha value is -0.440. The van der Waals surface area contributed by atoms with E-state index < -0.39 is 11.8 Å².